The maximum Gasteiger partial charge on any atom is 0.262 e. The lowest BCUT2D eigenvalue weighted by Crippen LogP contribution is -2.20. The van der Waals surface area contributed by atoms with Gasteiger partial charge in [-0.3, -0.25) is 9.52 Å². The van der Waals surface area contributed by atoms with Gasteiger partial charge in [-0.25, -0.2) is 8.42 Å². The van der Waals surface area contributed by atoms with Gasteiger partial charge in [0, 0.05) is 10.7 Å². The number of amides is 1. The lowest BCUT2D eigenvalue weighted by atomic mass is 10.2. The Hall–Kier alpha value is -4.01. The van der Waals surface area contributed by atoms with E-state index in [1.165, 1.54) is 24.3 Å². The zero-order chi connectivity index (χ0) is 25.5. The molecule has 0 heterocycles. The molecule has 4 aromatic rings. The van der Waals surface area contributed by atoms with Crippen LogP contribution in [0.5, 0.6) is 17.2 Å². The zero-order valence-corrected chi connectivity index (χ0v) is 20.8. The predicted octanol–water partition coefficient (Wildman–Crippen LogP) is 6.26. The summed E-state index contributed by atoms with van der Waals surface area (Å²) in [4.78, 5) is 12.6. The second-order valence-corrected chi connectivity index (χ2v) is 9.96. The molecule has 0 atom stereocenters. The van der Waals surface area contributed by atoms with E-state index in [1.54, 1.807) is 48.5 Å². The second-order valence-electron chi connectivity index (χ2n) is 7.84. The summed E-state index contributed by atoms with van der Waals surface area (Å²) in [6.07, 6.45) is 0. The molecule has 0 unspecified atom stereocenters. The first-order valence-corrected chi connectivity index (χ1v) is 12.8. The van der Waals surface area contributed by atoms with E-state index >= 15 is 0 Å². The van der Waals surface area contributed by atoms with Crippen LogP contribution in [0.2, 0.25) is 5.02 Å². The van der Waals surface area contributed by atoms with Gasteiger partial charge in [0.15, 0.2) is 12.4 Å². The van der Waals surface area contributed by atoms with E-state index < -0.39 is 15.9 Å². The van der Waals surface area contributed by atoms with Gasteiger partial charge in [-0.2, -0.15) is 0 Å². The van der Waals surface area contributed by atoms with Crippen molar-refractivity contribution in [1.29, 1.82) is 0 Å². The van der Waals surface area contributed by atoms with E-state index in [4.69, 9.17) is 21.1 Å². The number of hydrogen-bond donors (Lipinski definition) is 2. The number of anilines is 2. The highest BCUT2D eigenvalue weighted by molar-refractivity contribution is 7.92. The van der Waals surface area contributed by atoms with Crippen LogP contribution in [0.3, 0.4) is 0 Å². The molecule has 0 aromatic heterocycles. The topological polar surface area (TPSA) is 93.7 Å². The minimum absolute atomic E-state index is 0.0717. The number of para-hydroxylation sites is 1. The smallest absolute Gasteiger partial charge is 0.262 e. The van der Waals surface area contributed by atoms with Crippen molar-refractivity contribution in [3.63, 3.8) is 0 Å². The van der Waals surface area contributed by atoms with Gasteiger partial charge in [0.2, 0.25) is 0 Å². The molecule has 184 valence electrons. The van der Waals surface area contributed by atoms with Crippen molar-refractivity contribution in [2.24, 2.45) is 0 Å². The molecule has 0 fully saturated rings. The molecule has 0 spiro atoms. The number of halogens is 1. The largest absolute Gasteiger partial charge is 0.484 e. The summed E-state index contributed by atoms with van der Waals surface area (Å²) >= 11 is 6.09. The predicted molar refractivity (Wildman–Crippen MR) is 141 cm³/mol. The molecule has 36 heavy (non-hydrogen) atoms. The number of sulfonamides is 1. The molecule has 0 saturated heterocycles. The fraction of sp³-hybridized carbons (Fsp3) is 0.0741. The molecule has 0 aliphatic rings. The number of nitrogens with one attached hydrogen (secondary N) is 2. The Balaban J connectivity index is 1.37. The van der Waals surface area contributed by atoms with Crippen LogP contribution in [-0.4, -0.2) is 20.9 Å². The Kier molecular flexibility index (Phi) is 7.77. The molecule has 0 saturated carbocycles. The van der Waals surface area contributed by atoms with Crippen LogP contribution in [0.15, 0.2) is 102 Å². The minimum atomic E-state index is -3.76. The highest BCUT2D eigenvalue weighted by Gasteiger charge is 2.15. The van der Waals surface area contributed by atoms with Crippen LogP contribution in [0, 0.1) is 6.92 Å². The minimum Gasteiger partial charge on any atom is -0.484 e. The molecule has 4 rings (SSSR count). The van der Waals surface area contributed by atoms with Crippen molar-refractivity contribution in [1.82, 2.24) is 0 Å². The summed E-state index contributed by atoms with van der Waals surface area (Å²) in [6.45, 7) is 1.58. The fourth-order valence-electron chi connectivity index (χ4n) is 3.28. The molecule has 0 bridgehead atoms. The van der Waals surface area contributed by atoms with Crippen LogP contribution in [0.4, 0.5) is 11.4 Å². The number of carbonyl (C=O) groups is 1. The lowest BCUT2D eigenvalue weighted by Gasteiger charge is -2.13. The Morgan fingerprint density at radius 3 is 2.33 bits per heavy atom. The standard InChI is InChI=1S/C27H23ClN2O5S/c1-19-6-5-7-21(16-19)30-36(32,33)24-13-11-22(12-14-24)34-18-27(31)29-25-17-20(28)10-15-26(25)35-23-8-3-2-4-9-23/h2-17,30H,18H2,1H3,(H,29,31). The van der Waals surface area contributed by atoms with Crippen LogP contribution < -0.4 is 19.5 Å². The number of benzene rings is 4. The molecular weight excluding hydrogens is 500 g/mol. The summed E-state index contributed by atoms with van der Waals surface area (Å²) in [5.74, 6) is 0.938. The molecule has 9 heteroatoms. The van der Waals surface area contributed by atoms with Crippen LogP contribution in [-0.2, 0) is 14.8 Å². The summed E-state index contributed by atoms with van der Waals surface area (Å²) in [7, 11) is -3.76. The van der Waals surface area contributed by atoms with Crippen LogP contribution >= 0.6 is 11.6 Å². The molecule has 1 amide bonds. The van der Waals surface area contributed by atoms with Gasteiger partial charge in [-0.05, 0) is 79.2 Å². The van der Waals surface area contributed by atoms with Gasteiger partial charge in [0.1, 0.15) is 11.5 Å². The first kappa shape index (κ1) is 25.1. The van der Waals surface area contributed by atoms with Crippen molar-refractivity contribution in [3.8, 4) is 17.2 Å². The van der Waals surface area contributed by atoms with Crippen LogP contribution in [0.1, 0.15) is 5.56 Å². The van der Waals surface area contributed by atoms with Gasteiger partial charge in [-0.15, -0.1) is 0 Å². The molecule has 4 aromatic carbocycles. The third kappa shape index (κ3) is 6.78. The van der Waals surface area contributed by atoms with Gasteiger partial charge in [-0.1, -0.05) is 41.9 Å². The quantitative estimate of drug-likeness (QED) is 0.270. The van der Waals surface area contributed by atoms with E-state index in [-0.39, 0.29) is 11.5 Å². The summed E-state index contributed by atoms with van der Waals surface area (Å²) in [6, 6.07) is 26.9. The number of hydrogen-bond acceptors (Lipinski definition) is 5. The van der Waals surface area contributed by atoms with Crippen molar-refractivity contribution in [2.45, 2.75) is 11.8 Å². The van der Waals surface area contributed by atoms with E-state index in [0.717, 1.165) is 5.56 Å². The average Bonchev–Trinajstić information content (AvgIpc) is 2.85. The molecular formula is C27H23ClN2O5S. The van der Waals surface area contributed by atoms with Gasteiger partial charge in [0.25, 0.3) is 15.9 Å². The Bertz CT molecular complexity index is 1460. The van der Waals surface area contributed by atoms with E-state index in [2.05, 4.69) is 10.0 Å². The third-order valence-corrected chi connectivity index (χ3v) is 6.59. The number of rotatable bonds is 9. The third-order valence-electron chi connectivity index (χ3n) is 4.96. The van der Waals surface area contributed by atoms with E-state index in [0.29, 0.717) is 33.6 Å². The summed E-state index contributed by atoms with van der Waals surface area (Å²) < 4.78 is 39.2. The normalized spacial score (nSPS) is 10.9. The van der Waals surface area contributed by atoms with Crippen molar-refractivity contribution in [3.05, 3.63) is 108 Å². The van der Waals surface area contributed by atoms with Crippen molar-refractivity contribution >= 4 is 38.9 Å². The van der Waals surface area contributed by atoms with Crippen molar-refractivity contribution < 1.29 is 22.7 Å². The van der Waals surface area contributed by atoms with Gasteiger partial charge >= 0.3 is 0 Å². The SMILES string of the molecule is Cc1cccc(NS(=O)(=O)c2ccc(OCC(=O)Nc3cc(Cl)ccc3Oc3ccccc3)cc2)c1. The Morgan fingerprint density at radius 2 is 1.61 bits per heavy atom. The lowest BCUT2D eigenvalue weighted by molar-refractivity contribution is -0.118. The molecule has 0 aliphatic carbocycles. The number of carbonyl (C=O) groups excluding carboxylic acids is 1. The summed E-state index contributed by atoms with van der Waals surface area (Å²) in [5, 5.41) is 3.16. The fourth-order valence-corrected chi connectivity index (χ4v) is 4.50. The highest BCUT2D eigenvalue weighted by atomic mass is 35.5. The van der Waals surface area contributed by atoms with E-state index in [9.17, 15) is 13.2 Å². The summed E-state index contributed by atoms with van der Waals surface area (Å²) in [5.41, 5.74) is 1.81. The number of ether oxygens (including phenoxy) is 2. The van der Waals surface area contributed by atoms with E-state index in [1.807, 2.05) is 31.2 Å². The first-order valence-electron chi connectivity index (χ1n) is 10.9. The molecule has 0 aliphatic heterocycles. The monoisotopic (exact) mass is 522 g/mol. The van der Waals surface area contributed by atoms with Gasteiger partial charge < -0.3 is 14.8 Å². The Labute approximate surface area is 214 Å². The Morgan fingerprint density at radius 1 is 0.861 bits per heavy atom. The average molecular weight is 523 g/mol. The number of aryl methyl sites for hydroxylation is 1. The van der Waals surface area contributed by atoms with Crippen LogP contribution in [0.25, 0.3) is 0 Å². The second kappa shape index (κ2) is 11.2. The van der Waals surface area contributed by atoms with Crippen molar-refractivity contribution in [2.75, 3.05) is 16.6 Å². The van der Waals surface area contributed by atoms with Gasteiger partial charge in [0.05, 0.1) is 10.6 Å². The maximum absolute atomic E-state index is 12.6. The zero-order valence-electron chi connectivity index (χ0n) is 19.3. The molecule has 0 radical (unpaired) electrons. The highest BCUT2D eigenvalue weighted by Crippen LogP contribution is 2.32. The first-order chi connectivity index (χ1) is 17.3. The maximum atomic E-state index is 12.6. The molecule has 7 nitrogen and oxygen atoms in total. The molecule has 2 N–H and O–H groups in total.